The number of benzene rings is 2. The predicted molar refractivity (Wildman–Crippen MR) is 142 cm³/mol. The Balaban J connectivity index is 1.96. The Morgan fingerprint density at radius 2 is 1.86 bits per heavy atom. The predicted octanol–water partition coefficient (Wildman–Crippen LogP) is 6.37. The molecule has 36 heavy (non-hydrogen) atoms. The van der Waals surface area contributed by atoms with Gasteiger partial charge >= 0.3 is 0 Å². The Labute approximate surface area is 216 Å². The van der Waals surface area contributed by atoms with Crippen LogP contribution in [-0.2, 0) is 15.0 Å². The topological polar surface area (TPSA) is 79.7 Å². The number of nitrogens with zero attached hydrogens (tertiary/aromatic N) is 2. The number of halogens is 1. The van der Waals surface area contributed by atoms with Crippen LogP contribution < -0.4 is 9.64 Å². The Kier molecular flexibility index (Phi) is 6.92. The van der Waals surface area contributed by atoms with Gasteiger partial charge in [0.15, 0.2) is 0 Å². The number of ketones is 1. The van der Waals surface area contributed by atoms with E-state index in [-0.39, 0.29) is 16.7 Å². The van der Waals surface area contributed by atoms with Gasteiger partial charge in [0.2, 0.25) is 0 Å². The van der Waals surface area contributed by atoms with Crippen LogP contribution in [0.4, 0.5) is 5.69 Å². The minimum atomic E-state index is -0.923. The summed E-state index contributed by atoms with van der Waals surface area (Å²) < 4.78 is 5.80. The third kappa shape index (κ3) is 4.49. The molecular formula is C29H29ClN2O4. The highest BCUT2D eigenvalue weighted by Gasteiger charge is 2.48. The quantitative estimate of drug-likeness (QED) is 0.248. The number of rotatable bonds is 5. The molecule has 7 heteroatoms. The molecule has 0 spiro atoms. The fourth-order valence-electron chi connectivity index (χ4n) is 4.46. The maximum atomic E-state index is 13.4. The largest absolute Gasteiger partial charge is 0.507 e. The minimum absolute atomic E-state index is 0.0258. The molecule has 186 valence electrons. The van der Waals surface area contributed by atoms with Crippen molar-refractivity contribution in [2.75, 3.05) is 11.5 Å². The number of hydrogen-bond acceptors (Lipinski definition) is 5. The van der Waals surface area contributed by atoms with Crippen LogP contribution in [0.1, 0.15) is 56.1 Å². The van der Waals surface area contributed by atoms with Crippen molar-refractivity contribution in [3.8, 4) is 5.75 Å². The van der Waals surface area contributed by atoms with Gasteiger partial charge in [0.25, 0.3) is 11.7 Å². The van der Waals surface area contributed by atoms with Gasteiger partial charge in [-0.25, -0.2) is 0 Å². The summed E-state index contributed by atoms with van der Waals surface area (Å²) in [6.45, 7) is 10.3. The molecule has 2 aromatic carbocycles. The highest BCUT2D eigenvalue weighted by molar-refractivity contribution is 6.52. The van der Waals surface area contributed by atoms with E-state index in [9.17, 15) is 14.7 Å². The van der Waals surface area contributed by atoms with Crippen LogP contribution in [0.25, 0.3) is 5.76 Å². The highest BCUT2D eigenvalue weighted by atomic mass is 35.5. The van der Waals surface area contributed by atoms with Gasteiger partial charge in [0, 0.05) is 28.0 Å². The molecule has 0 aliphatic carbocycles. The lowest BCUT2D eigenvalue weighted by Gasteiger charge is -2.26. The number of pyridine rings is 1. The van der Waals surface area contributed by atoms with E-state index >= 15 is 0 Å². The summed E-state index contributed by atoms with van der Waals surface area (Å²) in [4.78, 5) is 32.7. The van der Waals surface area contributed by atoms with Crippen molar-refractivity contribution in [1.82, 2.24) is 4.98 Å². The van der Waals surface area contributed by atoms with Gasteiger partial charge in [0.1, 0.15) is 17.6 Å². The van der Waals surface area contributed by atoms with E-state index in [2.05, 4.69) is 4.98 Å². The normalized spacial score (nSPS) is 17.5. The molecule has 0 radical (unpaired) electrons. The maximum absolute atomic E-state index is 13.4. The number of Topliss-reactive ketones (excluding diaryl/α,β-unsaturated/α-hetero) is 1. The molecule has 6 nitrogen and oxygen atoms in total. The lowest BCUT2D eigenvalue weighted by atomic mass is 9.84. The second-order valence-corrected chi connectivity index (χ2v) is 10.1. The number of aliphatic hydroxyl groups is 1. The Morgan fingerprint density at radius 3 is 2.50 bits per heavy atom. The third-order valence-electron chi connectivity index (χ3n) is 6.27. The van der Waals surface area contributed by atoms with Crippen LogP contribution in [0.2, 0.25) is 5.02 Å². The van der Waals surface area contributed by atoms with Crippen molar-refractivity contribution < 1.29 is 19.4 Å². The zero-order valence-electron chi connectivity index (χ0n) is 21.0. The van der Waals surface area contributed by atoms with Gasteiger partial charge < -0.3 is 9.84 Å². The highest BCUT2D eigenvalue weighted by Crippen LogP contribution is 2.44. The summed E-state index contributed by atoms with van der Waals surface area (Å²) in [6.07, 6.45) is 1.59. The minimum Gasteiger partial charge on any atom is -0.507 e. The fraction of sp³-hybridized carbons (Fsp3) is 0.276. The zero-order valence-corrected chi connectivity index (χ0v) is 21.8. The van der Waals surface area contributed by atoms with Crippen molar-refractivity contribution in [2.45, 2.75) is 46.1 Å². The number of hydrogen-bond donors (Lipinski definition) is 1. The number of amides is 1. The molecular weight excluding hydrogens is 476 g/mol. The zero-order chi connectivity index (χ0) is 26.2. The van der Waals surface area contributed by atoms with E-state index in [1.54, 1.807) is 61.7 Å². The van der Waals surface area contributed by atoms with Crippen molar-refractivity contribution in [1.29, 1.82) is 0 Å². The van der Waals surface area contributed by atoms with Crippen LogP contribution in [0.5, 0.6) is 5.75 Å². The Morgan fingerprint density at radius 1 is 1.11 bits per heavy atom. The molecule has 3 aromatic rings. The van der Waals surface area contributed by atoms with Gasteiger partial charge in [-0.3, -0.25) is 19.5 Å². The van der Waals surface area contributed by atoms with Gasteiger partial charge in [-0.15, -0.1) is 0 Å². The first-order chi connectivity index (χ1) is 17.1. The number of carbonyl (C=O) groups excluding carboxylic acids is 2. The summed E-state index contributed by atoms with van der Waals surface area (Å²) in [5.74, 6) is -1.09. The van der Waals surface area contributed by atoms with E-state index < -0.39 is 17.7 Å². The van der Waals surface area contributed by atoms with Crippen LogP contribution in [-0.4, -0.2) is 28.4 Å². The van der Waals surface area contributed by atoms with E-state index in [1.165, 1.54) is 4.90 Å². The van der Waals surface area contributed by atoms with Gasteiger partial charge in [0.05, 0.1) is 17.9 Å². The van der Waals surface area contributed by atoms with Crippen molar-refractivity contribution >= 4 is 34.7 Å². The van der Waals surface area contributed by atoms with Crippen molar-refractivity contribution in [3.05, 3.63) is 93.8 Å². The molecule has 1 amide bonds. The Bertz CT molecular complexity index is 1360. The van der Waals surface area contributed by atoms with E-state index in [1.807, 2.05) is 33.8 Å². The average Bonchev–Trinajstić information content (AvgIpc) is 3.11. The number of aliphatic hydroxyl groups excluding tert-OH is 1. The van der Waals surface area contributed by atoms with E-state index in [0.29, 0.717) is 39.9 Å². The molecule has 0 bridgehead atoms. The second-order valence-electron chi connectivity index (χ2n) is 9.70. The summed E-state index contributed by atoms with van der Waals surface area (Å²) in [7, 11) is 0. The molecule has 1 N–H and O–H groups in total. The van der Waals surface area contributed by atoms with Crippen molar-refractivity contribution in [2.24, 2.45) is 0 Å². The Hall–Kier alpha value is -3.64. The number of aromatic nitrogens is 1. The van der Waals surface area contributed by atoms with E-state index in [4.69, 9.17) is 16.3 Å². The standard InChI is InChI=1S/C29H29ClN2O4/c1-6-36-23-14-13-18(16-19(23)29(3,4)5)26(33)24-25(21-11-7-8-15-31-21)32(28(35)27(24)34)22-12-9-10-20(30)17(22)2/h7-16,25,33H,6H2,1-5H3/b26-24+. The molecule has 1 saturated heterocycles. The molecule has 1 atom stereocenters. The van der Waals surface area contributed by atoms with Crippen molar-refractivity contribution in [3.63, 3.8) is 0 Å². The summed E-state index contributed by atoms with van der Waals surface area (Å²) in [5, 5.41) is 12.0. The first kappa shape index (κ1) is 25.5. The molecule has 4 rings (SSSR count). The smallest absolute Gasteiger partial charge is 0.300 e. The number of carbonyl (C=O) groups is 2. The SMILES string of the molecule is CCOc1ccc(/C(O)=C2\C(=O)C(=O)N(c3cccc(Cl)c3C)C2c2ccccn2)cc1C(C)(C)C. The van der Waals surface area contributed by atoms with Crippen LogP contribution in [0.15, 0.2) is 66.4 Å². The monoisotopic (exact) mass is 504 g/mol. The van der Waals surface area contributed by atoms with Gasteiger partial charge in [-0.2, -0.15) is 0 Å². The van der Waals surface area contributed by atoms with Gasteiger partial charge in [-0.1, -0.05) is 44.5 Å². The summed E-state index contributed by atoms with van der Waals surface area (Å²) >= 11 is 6.35. The fourth-order valence-corrected chi connectivity index (χ4v) is 4.63. The van der Waals surface area contributed by atoms with Crippen LogP contribution in [0.3, 0.4) is 0 Å². The summed E-state index contributed by atoms with van der Waals surface area (Å²) in [5.41, 5.74) is 2.58. The third-order valence-corrected chi connectivity index (χ3v) is 6.68. The molecule has 1 unspecified atom stereocenters. The van der Waals surface area contributed by atoms with Crippen LogP contribution >= 0.6 is 11.6 Å². The number of ether oxygens (including phenoxy) is 1. The molecule has 1 aromatic heterocycles. The molecule has 1 aliphatic rings. The second kappa shape index (κ2) is 9.78. The van der Waals surface area contributed by atoms with Crippen LogP contribution in [0, 0.1) is 6.92 Å². The molecule has 1 aliphatic heterocycles. The molecule has 0 saturated carbocycles. The summed E-state index contributed by atoms with van der Waals surface area (Å²) in [6, 6.07) is 14.8. The number of anilines is 1. The molecule has 1 fully saturated rings. The first-order valence-electron chi connectivity index (χ1n) is 11.8. The first-order valence-corrected chi connectivity index (χ1v) is 12.2. The van der Waals surface area contributed by atoms with E-state index in [0.717, 1.165) is 5.56 Å². The maximum Gasteiger partial charge on any atom is 0.300 e. The lowest BCUT2D eigenvalue weighted by molar-refractivity contribution is -0.132. The average molecular weight is 505 g/mol. The lowest BCUT2D eigenvalue weighted by Crippen LogP contribution is -2.30. The van der Waals surface area contributed by atoms with Gasteiger partial charge in [-0.05, 0) is 67.3 Å². The molecule has 2 heterocycles.